The summed E-state index contributed by atoms with van der Waals surface area (Å²) in [6, 6.07) is 23.5. The molecule has 0 saturated heterocycles. The number of rotatable bonds is 10. The predicted octanol–water partition coefficient (Wildman–Crippen LogP) is 6.43. The molecule has 1 fully saturated rings. The maximum Gasteiger partial charge on any atom is 0.219 e. The zero-order chi connectivity index (χ0) is 21.4. The first kappa shape index (κ1) is 22.3. The molecule has 4 rings (SSSR count). The first-order valence-electron chi connectivity index (χ1n) is 12.6. The van der Waals surface area contributed by atoms with Crippen molar-refractivity contribution in [1.29, 1.82) is 0 Å². The molecular formula is C29H39NSi. The van der Waals surface area contributed by atoms with Crippen LogP contribution in [0.15, 0.2) is 83.6 Å². The van der Waals surface area contributed by atoms with Gasteiger partial charge in [-0.1, -0.05) is 129 Å². The summed E-state index contributed by atoms with van der Waals surface area (Å²) in [4.78, 5) is 4.42. The molecule has 0 unspecified atom stereocenters. The van der Waals surface area contributed by atoms with Gasteiger partial charge in [-0.2, -0.15) is 0 Å². The summed E-state index contributed by atoms with van der Waals surface area (Å²) >= 11 is 0. The van der Waals surface area contributed by atoms with Gasteiger partial charge in [0.05, 0.1) is 0 Å². The van der Waals surface area contributed by atoms with Crippen molar-refractivity contribution in [1.82, 2.24) is 4.98 Å². The van der Waals surface area contributed by atoms with Gasteiger partial charge in [-0.3, -0.25) is 0 Å². The van der Waals surface area contributed by atoms with E-state index in [9.17, 15) is 0 Å². The number of allylic oxidation sites excluding steroid dienone is 4. The first-order valence-corrected chi connectivity index (χ1v) is 14.6. The van der Waals surface area contributed by atoms with Crippen LogP contribution in [-0.2, 0) is 0 Å². The van der Waals surface area contributed by atoms with Crippen LogP contribution >= 0.6 is 0 Å². The molecule has 2 aromatic carbocycles. The van der Waals surface area contributed by atoms with E-state index >= 15 is 0 Å². The molecule has 0 radical (unpaired) electrons. The van der Waals surface area contributed by atoms with E-state index in [0.717, 1.165) is 6.42 Å². The molecule has 164 valence electrons. The van der Waals surface area contributed by atoms with Gasteiger partial charge in [-0.05, 0) is 42.5 Å². The number of benzene rings is 2. The predicted molar refractivity (Wildman–Crippen MR) is 137 cm³/mol. The fraction of sp³-hybridized carbons (Fsp3) is 0.448. The molecule has 0 aromatic heterocycles. The summed E-state index contributed by atoms with van der Waals surface area (Å²) in [7, 11) is -2.27. The third-order valence-electron chi connectivity index (χ3n) is 7.22. The molecule has 2 aromatic rings. The topological polar surface area (TPSA) is 12.0 Å². The summed E-state index contributed by atoms with van der Waals surface area (Å²) in [5, 5.41) is 4.76. The zero-order valence-corrected chi connectivity index (χ0v) is 20.3. The molecule has 0 spiro atoms. The Morgan fingerprint density at radius 3 is 2.06 bits per heavy atom. The zero-order valence-electron chi connectivity index (χ0n) is 19.3. The normalized spacial score (nSPS) is 17.5. The lowest BCUT2D eigenvalue weighted by Crippen LogP contribution is -2.72. The van der Waals surface area contributed by atoms with Gasteiger partial charge >= 0.3 is 0 Å². The third kappa shape index (κ3) is 5.13. The van der Waals surface area contributed by atoms with Crippen LogP contribution < -0.4 is 15.4 Å². The summed E-state index contributed by atoms with van der Waals surface area (Å²) in [6.45, 7) is 2.30. The van der Waals surface area contributed by atoms with E-state index in [-0.39, 0.29) is 0 Å². The molecule has 0 aliphatic heterocycles. The minimum atomic E-state index is -2.27. The highest BCUT2D eigenvalue weighted by Gasteiger charge is 2.44. The highest BCUT2D eigenvalue weighted by molar-refractivity contribution is 7.05. The summed E-state index contributed by atoms with van der Waals surface area (Å²) in [5.41, 5.74) is 1.62. The number of hydrogen-bond acceptors (Lipinski definition) is 1. The summed E-state index contributed by atoms with van der Waals surface area (Å²) in [5.74, 6) is 0. The minimum absolute atomic E-state index is 0.635. The fourth-order valence-corrected chi connectivity index (χ4v) is 10.6. The van der Waals surface area contributed by atoms with E-state index in [2.05, 4.69) is 84.7 Å². The van der Waals surface area contributed by atoms with Crippen molar-refractivity contribution in [2.45, 2.75) is 83.6 Å². The Balaban J connectivity index is 1.80. The molecule has 31 heavy (non-hydrogen) atoms. The number of nitrogens with one attached hydrogen (secondary N) is 1. The Kier molecular flexibility index (Phi) is 7.99. The molecule has 0 bridgehead atoms. The highest BCUT2D eigenvalue weighted by atomic mass is 28.3. The Hall–Kier alpha value is -1.90. The van der Waals surface area contributed by atoms with Gasteiger partial charge in [0.2, 0.25) is 8.24 Å². The fourth-order valence-electron chi connectivity index (χ4n) is 5.62. The first-order chi connectivity index (χ1) is 15.3. The lowest BCUT2D eigenvalue weighted by Gasteiger charge is -2.40. The van der Waals surface area contributed by atoms with Crippen LogP contribution in [0.5, 0.6) is 0 Å². The maximum absolute atomic E-state index is 4.42. The van der Waals surface area contributed by atoms with Gasteiger partial charge in [0.15, 0.2) is 0 Å². The Morgan fingerprint density at radius 1 is 0.806 bits per heavy atom. The quantitative estimate of drug-likeness (QED) is 0.339. The van der Waals surface area contributed by atoms with E-state index < -0.39 is 8.24 Å². The molecule has 0 heterocycles. The second kappa shape index (κ2) is 11.1. The lowest BCUT2D eigenvalue weighted by molar-refractivity contribution is 0.416. The maximum atomic E-state index is 4.42. The second-order valence-corrected chi connectivity index (χ2v) is 12.9. The van der Waals surface area contributed by atoms with Gasteiger partial charge in [-0.15, -0.1) is 0 Å². The average Bonchev–Trinajstić information content (AvgIpc) is 3.31. The van der Waals surface area contributed by atoms with Crippen LogP contribution in [0.4, 0.5) is 0 Å². The van der Waals surface area contributed by atoms with Crippen molar-refractivity contribution < 1.29 is 0 Å². The molecule has 1 saturated carbocycles. The van der Waals surface area contributed by atoms with E-state index in [1.54, 1.807) is 10.8 Å². The standard InChI is InChI=1S/C29H39NSi/c1-2-3-4-8-16-25-17-15-24-29(25)31(27-20-11-6-12-21-27,28-22-13-7-14-23-28)30-26-18-9-5-10-19-26/h6-7,11-15,17,20-23,26,30H,2-5,8-10,16,18-19,24H2,1H3. The Bertz CT molecular complexity index is 823. The smallest absolute Gasteiger partial charge is 0.219 e. The van der Waals surface area contributed by atoms with Gasteiger partial charge in [-0.25, -0.2) is 0 Å². The number of unbranched alkanes of at least 4 members (excludes halogenated alkanes) is 3. The molecule has 1 N–H and O–H groups in total. The molecule has 2 aliphatic carbocycles. The van der Waals surface area contributed by atoms with Gasteiger partial charge in [0.1, 0.15) is 0 Å². The third-order valence-corrected chi connectivity index (χ3v) is 11.9. The van der Waals surface area contributed by atoms with Crippen molar-refractivity contribution in [2.24, 2.45) is 0 Å². The highest BCUT2D eigenvalue weighted by Crippen LogP contribution is 2.32. The summed E-state index contributed by atoms with van der Waals surface area (Å²) < 4.78 is 0. The molecule has 2 aliphatic rings. The van der Waals surface area contributed by atoms with E-state index in [1.807, 2.05) is 0 Å². The molecule has 0 atom stereocenters. The average molecular weight is 430 g/mol. The van der Waals surface area contributed by atoms with Crippen molar-refractivity contribution >= 4 is 18.6 Å². The van der Waals surface area contributed by atoms with E-state index in [1.165, 1.54) is 74.6 Å². The molecule has 0 amide bonds. The van der Waals surface area contributed by atoms with E-state index in [0.29, 0.717) is 6.04 Å². The number of hydrogen-bond donors (Lipinski definition) is 1. The van der Waals surface area contributed by atoms with Crippen LogP contribution in [0.3, 0.4) is 0 Å². The van der Waals surface area contributed by atoms with Crippen LogP contribution in [0.1, 0.15) is 77.6 Å². The van der Waals surface area contributed by atoms with E-state index in [4.69, 9.17) is 0 Å². The summed E-state index contributed by atoms with van der Waals surface area (Å²) in [6.07, 6.45) is 19.3. The molecular weight excluding hydrogens is 390 g/mol. The lowest BCUT2D eigenvalue weighted by atomic mass is 9.96. The van der Waals surface area contributed by atoms with Gasteiger partial charge < -0.3 is 4.98 Å². The van der Waals surface area contributed by atoms with Crippen LogP contribution in [0.25, 0.3) is 0 Å². The minimum Gasteiger partial charge on any atom is -0.324 e. The van der Waals surface area contributed by atoms with Crippen molar-refractivity contribution in [2.75, 3.05) is 0 Å². The van der Waals surface area contributed by atoms with Crippen LogP contribution in [-0.4, -0.2) is 14.3 Å². The van der Waals surface area contributed by atoms with Crippen LogP contribution in [0.2, 0.25) is 0 Å². The van der Waals surface area contributed by atoms with Crippen molar-refractivity contribution in [3.8, 4) is 0 Å². The molecule has 1 nitrogen and oxygen atoms in total. The second-order valence-electron chi connectivity index (χ2n) is 9.38. The monoisotopic (exact) mass is 429 g/mol. The Labute approximate surface area is 190 Å². The van der Waals surface area contributed by atoms with Crippen LogP contribution in [0, 0.1) is 0 Å². The van der Waals surface area contributed by atoms with Gasteiger partial charge in [0, 0.05) is 6.04 Å². The van der Waals surface area contributed by atoms with Crippen molar-refractivity contribution in [3.63, 3.8) is 0 Å². The Morgan fingerprint density at radius 2 is 1.45 bits per heavy atom. The van der Waals surface area contributed by atoms with Crippen molar-refractivity contribution in [3.05, 3.63) is 83.6 Å². The van der Waals surface area contributed by atoms with Gasteiger partial charge in [0.25, 0.3) is 0 Å². The molecule has 2 heteroatoms. The SMILES string of the molecule is CCCCCCC1=C([Si](NC2CCCCC2)(c2ccccc2)c2ccccc2)CC=C1. The largest absolute Gasteiger partial charge is 0.324 e.